The lowest BCUT2D eigenvalue weighted by atomic mass is 10.1. The molecule has 204 valence electrons. The standard InChI is InChI=1S/C32H36N2O4S/c1-5-16-34(32(36)27-12-11-25-8-6-7-9-26(25)20-27)22-31(35)33(21-30-23(2)15-18-39-30)17-14-24-10-13-28(37-3)29(19-24)38-4/h6-13,15,18-20H,5,14,16-17,21-22H2,1-4H3. The van der Waals surface area contributed by atoms with Crippen molar-refractivity contribution >= 4 is 33.9 Å². The highest BCUT2D eigenvalue weighted by Crippen LogP contribution is 2.28. The minimum Gasteiger partial charge on any atom is -0.493 e. The fraction of sp³-hybridized carbons (Fsp3) is 0.312. The Morgan fingerprint density at radius 3 is 2.31 bits per heavy atom. The third-order valence-corrected chi connectivity index (χ3v) is 7.88. The molecule has 0 saturated heterocycles. The largest absolute Gasteiger partial charge is 0.493 e. The van der Waals surface area contributed by atoms with E-state index >= 15 is 0 Å². The summed E-state index contributed by atoms with van der Waals surface area (Å²) in [6, 6.07) is 21.6. The Labute approximate surface area is 234 Å². The summed E-state index contributed by atoms with van der Waals surface area (Å²) < 4.78 is 10.8. The molecule has 1 aromatic heterocycles. The molecule has 3 aromatic carbocycles. The van der Waals surface area contributed by atoms with Gasteiger partial charge in [0.25, 0.3) is 5.91 Å². The Morgan fingerprint density at radius 1 is 0.846 bits per heavy atom. The van der Waals surface area contributed by atoms with Gasteiger partial charge in [-0.15, -0.1) is 11.3 Å². The van der Waals surface area contributed by atoms with E-state index in [2.05, 4.69) is 13.0 Å². The summed E-state index contributed by atoms with van der Waals surface area (Å²) in [5.74, 6) is 1.15. The Bertz CT molecular complexity index is 1430. The second-order valence-corrected chi connectivity index (χ2v) is 10.6. The van der Waals surface area contributed by atoms with E-state index in [0.29, 0.717) is 43.1 Å². The molecule has 7 heteroatoms. The molecule has 0 radical (unpaired) electrons. The molecule has 39 heavy (non-hydrogen) atoms. The van der Waals surface area contributed by atoms with E-state index in [1.54, 1.807) is 30.5 Å². The molecule has 0 aliphatic heterocycles. The quantitative estimate of drug-likeness (QED) is 0.209. The summed E-state index contributed by atoms with van der Waals surface area (Å²) in [4.78, 5) is 32.0. The van der Waals surface area contributed by atoms with Gasteiger partial charge in [0.2, 0.25) is 5.91 Å². The Kier molecular flexibility index (Phi) is 9.60. The molecule has 2 amide bonds. The number of rotatable bonds is 12. The predicted molar refractivity (Wildman–Crippen MR) is 158 cm³/mol. The van der Waals surface area contributed by atoms with E-state index in [1.165, 1.54) is 5.56 Å². The normalized spacial score (nSPS) is 10.9. The third-order valence-electron chi connectivity index (χ3n) is 6.88. The number of hydrogen-bond acceptors (Lipinski definition) is 5. The highest BCUT2D eigenvalue weighted by Gasteiger charge is 2.23. The number of methoxy groups -OCH3 is 2. The molecule has 0 aliphatic carbocycles. The van der Waals surface area contributed by atoms with Crippen LogP contribution in [0.2, 0.25) is 0 Å². The molecule has 4 aromatic rings. The fourth-order valence-electron chi connectivity index (χ4n) is 4.62. The van der Waals surface area contributed by atoms with E-state index in [0.717, 1.165) is 27.6 Å². The molecule has 0 saturated carbocycles. The minimum absolute atomic E-state index is 0.0376. The van der Waals surface area contributed by atoms with Gasteiger partial charge in [-0.2, -0.15) is 0 Å². The highest BCUT2D eigenvalue weighted by atomic mass is 32.1. The molecule has 1 heterocycles. The van der Waals surface area contributed by atoms with Crippen LogP contribution < -0.4 is 9.47 Å². The number of hydrogen-bond donors (Lipinski definition) is 0. The van der Waals surface area contributed by atoms with Gasteiger partial charge < -0.3 is 19.3 Å². The van der Waals surface area contributed by atoms with Crippen LogP contribution in [0.4, 0.5) is 0 Å². The molecule has 0 fully saturated rings. The molecule has 0 spiro atoms. The zero-order chi connectivity index (χ0) is 27.8. The maximum atomic E-state index is 13.8. The van der Waals surface area contributed by atoms with Gasteiger partial charge in [0.05, 0.1) is 20.8 Å². The van der Waals surface area contributed by atoms with Crippen molar-refractivity contribution in [3.63, 3.8) is 0 Å². The molecule has 0 unspecified atom stereocenters. The van der Waals surface area contributed by atoms with E-state index in [4.69, 9.17) is 9.47 Å². The first-order valence-electron chi connectivity index (χ1n) is 13.2. The Hall–Kier alpha value is -3.84. The Balaban J connectivity index is 1.53. The second kappa shape index (κ2) is 13.3. The first-order chi connectivity index (χ1) is 18.9. The summed E-state index contributed by atoms with van der Waals surface area (Å²) in [5, 5.41) is 4.14. The van der Waals surface area contributed by atoms with E-state index in [-0.39, 0.29) is 18.4 Å². The number of amides is 2. The number of thiophene rings is 1. The van der Waals surface area contributed by atoms with Gasteiger partial charge in [-0.1, -0.05) is 43.3 Å². The summed E-state index contributed by atoms with van der Waals surface area (Å²) >= 11 is 1.65. The van der Waals surface area contributed by atoms with Crippen LogP contribution in [-0.4, -0.2) is 55.5 Å². The number of carbonyl (C=O) groups excluding carboxylic acids is 2. The lowest BCUT2D eigenvalue weighted by molar-refractivity contribution is -0.132. The van der Waals surface area contributed by atoms with Crippen molar-refractivity contribution < 1.29 is 19.1 Å². The maximum absolute atomic E-state index is 13.8. The van der Waals surface area contributed by atoms with Crippen molar-refractivity contribution in [3.8, 4) is 11.5 Å². The van der Waals surface area contributed by atoms with Gasteiger partial charge in [-0.3, -0.25) is 9.59 Å². The van der Waals surface area contributed by atoms with Crippen LogP contribution in [-0.2, 0) is 17.8 Å². The van der Waals surface area contributed by atoms with E-state index < -0.39 is 0 Å². The van der Waals surface area contributed by atoms with Crippen LogP contribution in [0.1, 0.15) is 39.7 Å². The molecule has 4 rings (SSSR count). The van der Waals surface area contributed by atoms with Crippen LogP contribution in [0.3, 0.4) is 0 Å². The van der Waals surface area contributed by atoms with Crippen LogP contribution in [0.5, 0.6) is 11.5 Å². The van der Waals surface area contributed by atoms with Crippen molar-refractivity contribution in [2.24, 2.45) is 0 Å². The van der Waals surface area contributed by atoms with Crippen molar-refractivity contribution in [1.82, 2.24) is 9.80 Å². The maximum Gasteiger partial charge on any atom is 0.254 e. The third kappa shape index (κ3) is 6.98. The van der Waals surface area contributed by atoms with Gasteiger partial charge in [0.1, 0.15) is 6.54 Å². The van der Waals surface area contributed by atoms with Crippen molar-refractivity contribution in [3.05, 3.63) is 93.7 Å². The van der Waals surface area contributed by atoms with Crippen molar-refractivity contribution in [1.29, 1.82) is 0 Å². The smallest absolute Gasteiger partial charge is 0.254 e. The van der Waals surface area contributed by atoms with Crippen molar-refractivity contribution in [2.45, 2.75) is 33.2 Å². The van der Waals surface area contributed by atoms with E-state index in [1.807, 2.05) is 77.9 Å². The first-order valence-corrected chi connectivity index (χ1v) is 14.1. The highest BCUT2D eigenvalue weighted by molar-refractivity contribution is 7.10. The van der Waals surface area contributed by atoms with Crippen LogP contribution in [0.25, 0.3) is 10.8 Å². The molecule has 0 aliphatic rings. The SMILES string of the molecule is CCCN(CC(=O)N(CCc1ccc(OC)c(OC)c1)Cc1sccc1C)C(=O)c1ccc2ccccc2c1. The molecule has 0 atom stereocenters. The average molecular weight is 545 g/mol. The molecule has 0 N–H and O–H groups in total. The van der Waals surface area contributed by atoms with Gasteiger partial charge in [0.15, 0.2) is 11.5 Å². The molecule has 0 bridgehead atoms. The van der Waals surface area contributed by atoms with E-state index in [9.17, 15) is 9.59 Å². The monoisotopic (exact) mass is 544 g/mol. The molecule has 6 nitrogen and oxygen atoms in total. The summed E-state index contributed by atoms with van der Waals surface area (Å²) in [7, 11) is 3.23. The predicted octanol–water partition coefficient (Wildman–Crippen LogP) is 6.35. The number of aryl methyl sites for hydroxylation is 1. The zero-order valence-corrected chi connectivity index (χ0v) is 23.9. The topological polar surface area (TPSA) is 59.1 Å². The van der Waals surface area contributed by atoms with Gasteiger partial charge in [-0.05, 0) is 77.4 Å². The van der Waals surface area contributed by atoms with Crippen LogP contribution in [0.15, 0.2) is 72.1 Å². The number of nitrogens with zero attached hydrogens (tertiary/aromatic N) is 2. The molecular formula is C32H36N2O4S. The van der Waals surface area contributed by atoms with Gasteiger partial charge in [0, 0.05) is 23.5 Å². The van der Waals surface area contributed by atoms with Crippen LogP contribution in [0, 0.1) is 6.92 Å². The van der Waals surface area contributed by atoms with Crippen LogP contribution >= 0.6 is 11.3 Å². The van der Waals surface area contributed by atoms with Crippen molar-refractivity contribution in [2.75, 3.05) is 33.9 Å². The second-order valence-electron chi connectivity index (χ2n) is 9.57. The molecular weight excluding hydrogens is 508 g/mol. The summed E-state index contributed by atoms with van der Waals surface area (Å²) in [5.41, 5.74) is 2.81. The first kappa shape index (κ1) is 28.2. The number of benzene rings is 3. The average Bonchev–Trinajstić information content (AvgIpc) is 3.37. The number of carbonyl (C=O) groups is 2. The van der Waals surface area contributed by atoms with Gasteiger partial charge >= 0.3 is 0 Å². The summed E-state index contributed by atoms with van der Waals surface area (Å²) in [6.07, 6.45) is 1.42. The summed E-state index contributed by atoms with van der Waals surface area (Å²) in [6.45, 7) is 5.68. The Morgan fingerprint density at radius 2 is 1.62 bits per heavy atom. The lowest BCUT2D eigenvalue weighted by Crippen LogP contribution is -2.43. The van der Waals surface area contributed by atoms with Gasteiger partial charge in [-0.25, -0.2) is 0 Å². The lowest BCUT2D eigenvalue weighted by Gasteiger charge is -2.28. The fourth-order valence-corrected chi connectivity index (χ4v) is 5.54. The number of fused-ring (bicyclic) bond motifs is 1. The zero-order valence-electron chi connectivity index (χ0n) is 23.1. The number of ether oxygens (including phenoxy) is 2. The minimum atomic E-state index is -0.122.